The molecule has 0 fully saturated rings. The first-order chi connectivity index (χ1) is 15.0. The minimum absolute atomic E-state index is 0.249. The number of allylic oxidation sites excluding steroid dienone is 4. The quantitative estimate of drug-likeness (QED) is 0.354. The zero-order valence-electron chi connectivity index (χ0n) is 19.0. The second kappa shape index (κ2) is 12.5. The number of aryl methyl sites for hydroxylation is 1. The largest absolute Gasteiger partial charge is 0.330 e. The molecule has 0 amide bonds. The lowest BCUT2D eigenvalue weighted by Crippen LogP contribution is -2.30. The lowest BCUT2D eigenvalue weighted by molar-refractivity contribution is 0.658. The van der Waals surface area contributed by atoms with Gasteiger partial charge in [-0.2, -0.15) is 0 Å². The monoisotopic (exact) mass is 442 g/mol. The molecule has 0 aliphatic heterocycles. The molecule has 1 aliphatic rings. The SMILES string of the molecule is CC.CC\C=C/C(F)=C\C(=C\F)C(Sc1ccc(C)cc1)c1nc2c(n1C)=CCCC=2. The maximum atomic E-state index is 14.3. The van der Waals surface area contributed by atoms with Crippen molar-refractivity contribution in [2.75, 3.05) is 0 Å². The number of rotatable bonds is 7. The molecular formula is C26H32F2N2S. The van der Waals surface area contributed by atoms with Gasteiger partial charge in [0.25, 0.3) is 0 Å². The summed E-state index contributed by atoms with van der Waals surface area (Å²) in [6, 6.07) is 8.04. The summed E-state index contributed by atoms with van der Waals surface area (Å²) < 4.78 is 30.3. The standard InChI is InChI=1S/C24H26F2N2S.C2H6/c1-4-5-8-19(26)15-18(16-25)23(29-20-13-11-17(2)12-14-20)24-27-21-9-6-7-10-22(21)28(24)3;1-2/h5,8-16,23H,4,6-7H2,1-3H3;1-2H3/b8-5-,18-16-,19-15+;. The molecule has 1 aliphatic carbocycles. The maximum Gasteiger partial charge on any atom is 0.127 e. The lowest BCUT2D eigenvalue weighted by atomic mass is 10.1. The van der Waals surface area contributed by atoms with Crippen LogP contribution in [-0.2, 0) is 7.05 Å². The van der Waals surface area contributed by atoms with Crippen molar-refractivity contribution in [1.82, 2.24) is 9.55 Å². The minimum atomic E-state index is -0.471. The van der Waals surface area contributed by atoms with Gasteiger partial charge in [-0.05, 0) is 50.5 Å². The highest BCUT2D eigenvalue weighted by atomic mass is 32.2. The Morgan fingerprint density at radius 3 is 2.48 bits per heavy atom. The molecule has 2 aromatic rings. The van der Waals surface area contributed by atoms with E-state index in [2.05, 4.69) is 12.2 Å². The molecule has 0 radical (unpaired) electrons. The normalized spacial score (nSPS) is 14.9. The Labute approximate surface area is 188 Å². The van der Waals surface area contributed by atoms with E-state index in [1.165, 1.54) is 23.9 Å². The van der Waals surface area contributed by atoms with E-state index in [1.807, 2.05) is 63.6 Å². The highest BCUT2D eigenvalue weighted by molar-refractivity contribution is 7.99. The molecule has 3 rings (SSSR count). The van der Waals surface area contributed by atoms with Crippen molar-refractivity contribution in [3.05, 3.63) is 82.3 Å². The van der Waals surface area contributed by atoms with Crippen LogP contribution in [0.4, 0.5) is 8.78 Å². The Morgan fingerprint density at radius 1 is 1.19 bits per heavy atom. The average molecular weight is 443 g/mol. The molecule has 0 spiro atoms. The first kappa shape index (κ1) is 24.9. The van der Waals surface area contributed by atoms with E-state index in [-0.39, 0.29) is 5.57 Å². The molecule has 0 N–H and O–H groups in total. The molecule has 31 heavy (non-hydrogen) atoms. The number of benzene rings is 1. The Bertz CT molecular complexity index is 1060. The molecule has 0 saturated carbocycles. The summed E-state index contributed by atoms with van der Waals surface area (Å²) in [4.78, 5) is 5.76. The lowest BCUT2D eigenvalue weighted by Gasteiger charge is -2.17. The molecule has 2 nitrogen and oxygen atoms in total. The second-order valence-corrected chi connectivity index (χ2v) is 8.22. The van der Waals surface area contributed by atoms with Crippen LogP contribution in [0, 0.1) is 6.92 Å². The van der Waals surface area contributed by atoms with Gasteiger partial charge in [-0.15, -0.1) is 11.8 Å². The molecule has 1 unspecified atom stereocenters. The predicted molar refractivity (Wildman–Crippen MR) is 130 cm³/mol. The van der Waals surface area contributed by atoms with Crippen LogP contribution >= 0.6 is 11.8 Å². The van der Waals surface area contributed by atoms with Crippen LogP contribution in [0.3, 0.4) is 0 Å². The fourth-order valence-corrected chi connectivity index (χ4v) is 4.38. The van der Waals surface area contributed by atoms with Gasteiger partial charge in [0.05, 0.1) is 22.3 Å². The second-order valence-electron chi connectivity index (χ2n) is 7.04. The topological polar surface area (TPSA) is 17.8 Å². The van der Waals surface area contributed by atoms with Crippen molar-refractivity contribution < 1.29 is 8.78 Å². The van der Waals surface area contributed by atoms with Crippen molar-refractivity contribution in [2.45, 2.75) is 57.1 Å². The molecule has 166 valence electrons. The van der Waals surface area contributed by atoms with Gasteiger partial charge in [0.15, 0.2) is 0 Å². The number of fused-ring (bicyclic) bond motifs is 1. The van der Waals surface area contributed by atoms with E-state index in [1.54, 1.807) is 6.08 Å². The third-order valence-electron chi connectivity index (χ3n) is 4.80. The minimum Gasteiger partial charge on any atom is -0.330 e. The fourth-order valence-electron chi connectivity index (χ4n) is 3.24. The average Bonchev–Trinajstić information content (AvgIpc) is 3.13. The summed E-state index contributed by atoms with van der Waals surface area (Å²) >= 11 is 1.47. The molecule has 1 aromatic heterocycles. The Hall–Kier alpha value is -2.40. The van der Waals surface area contributed by atoms with Crippen LogP contribution in [0.15, 0.2) is 65.1 Å². The van der Waals surface area contributed by atoms with Gasteiger partial charge in [0.1, 0.15) is 11.7 Å². The fraction of sp³-hybridized carbons (Fsp3) is 0.346. The van der Waals surface area contributed by atoms with E-state index >= 15 is 0 Å². The summed E-state index contributed by atoms with van der Waals surface area (Å²) in [5, 5.41) is 1.48. The summed E-state index contributed by atoms with van der Waals surface area (Å²) in [7, 11) is 1.94. The number of halogens is 2. The summed E-state index contributed by atoms with van der Waals surface area (Å²) in [5.41, 5.74) is 1.40. The molecule has 0 bridgehead atoms. The third kappa shape index (κ3) is 6.54. The van der Waals surface area contributed by atoms with E-state index in [0.29, 0.717) is 12.2 Å². The number of hydrogen-bond acceptors (Lipinski definition) is 2. The molecular weight excluding hydrogens is 410 g/mol. The van der Waals surface area contributed by atoms with Crippen LogP contribution in [0.2, 0.25) is 0 Å². The summed E-state index contributed by atoms with van der Waals surface area (Å²) in [5.74, 6) is 0.241. The van der Waals surface area contributed by atoms with Gasteiger partial charge in [-0.25, -0.2) is 13.8 Å². The number of nitrogens with zero attached hydrogens (tertiary/aromatic N) is 2. The van der Waals surface area contributed by atoms with Crippen molar-refractivity contribution in [3.8, 4) is 0 Å². The third-order valence-corrected chi connectivity index (χ3v) is 6.06. The van der Waals surface area contributed by atoms with Crippen LogP contribution in [-0.4, -0.2) is 9.55 Å². The number of hydrogen-bond donors (Lipinski definition) is 0. The Balaban J connectivity index is 0.00000166. The van der Waals surface area contributed by atoms with Gasteiger partial charge in [-0.1, -0.05) is 56.7 Å². The van der Waals surface area contributed by atoms with Gasteiger partial charge in [-0.3, -0.25) is 0 Å². The molecule has 0 saturated heterocycles. The number of thioether (sulfide) groups is 1. The molecule has 1 heterocycles. The molecule has 1 atom stereocenters. The number of aromatic nitrogens is 2. The molecule has 5 heteroatoms. The predicted octanol–water partition coefficient (Wildman–Crippen LogP) is 6.62. The van der Waals surface area contributed by atoms with E-state index in [9.17, 15) is 8.78 Å². The molecule has 1 aromatic carbocycles. The van der Waals surface area contributed by atoms with Gasteiger partial charge >= 0.3 is 0 Å². The van der Waals surface area contributed by atoms with Crippen LogP contribution in [0.25, 0.3) is 12.2 Å². The first-order valence-electron chi connectivity index (χ1n) is 10.8. The number of imidazole rings is 1. The van der Waals surface area contributed by atoms with Crippen molar-refractivity contribution in [3.63, 3.8) is 0 Å². The van der Waals surface area contributed by atoms with E-state index in [0.717, 1.165) is 40.4 Å². The summed E-state index contributed by atoms with van der Waals surface area (Å²) in [6.45, 7) is 7.95. The van der Waals surface area contributed by atoms with E-state index in [4.69, 9.17) is 4.98 Å². The highest BCUT2D eigenvalue weighted by Crippen LogP contribution is 2.40. The zero-order chi connectivity index (χ0) is 22.8. The van der Waals surface area contributed by atoms with Crippen LogP contribution in [0.1, 0.15) is 56.7 Å². The van der Waals surface area contributed by atoms with Crippen LogP contribution < -0.4 is 10.7 Å². The van der Waals surface area contributed by atoms with Crippen molar-refractivity contribution >= 4 is 23.9 Å². The van der Waals surface area contributed by atoms with Crippen molar-refractivity contribution in [2.24, 2.45) is 7.05 Å². The van der Waals surface area contributed by atoms with E-state index < -0.39 is 11.1 Å². The van der Waals surface area contributed by atoms with Crippen LogP contribution in [0.5, 0.6) is 0 Å². The van der Waals surface area contributed by atoms with Gasteiger partial charge in [0, 0.05) is 17.5 Å². The Morgan fingerprint density at radius 2 is 1.87 bits per heavy atom. The zero-order valence-corrected chi connectivity index (χ0v) is 19.8. The first-order valence-corrected chi connectivity index (χ1v) is 11.7. The summed E-state index contributed by atoms with van der Waals surface area (Å²) in [6.07, 6.45) is 11.7. The highest BCUT2D eigenvalue weighted by Gasteiger charge is 2.23. The van der Waals surface area contributed by atoms with Gasteiger partial charge < -0.3 is 4.57 Å². The smallest absolute Gasteiger partial charge is 0.127 e. The maximum absolute atomic E-state index is 14.3. The Kier molecular flexibility index (Phi) is 9.99. The van der Waals surface area contributed by atoms with Gasteiger partial charge in [0.2, 0.25) is 0 Å². The van der Waals surface area contributed by atoms with Crippen molar-refractivity contribution in [1.29, 1.82) is 0 Å².